The molecule has 2 rings (SSSR count). The van der Waals surface area contributed by atoms with E-state index < -0.39 is 0 Å². The first kappa shape index (κ1) is 17.1. The lowest BCUT2D eigenvalue weighted by Crippen LogP contribution is -2.51. The van der Waals surface area contributed by atoms with Crippen LogP contribution < -0.4 is 5.32 Å². The van der Waals surface area contributed by atoms with Crippen molar-refractivity contribution in [2.24, 2.45) is 0 Å². The van der Waals surface area contributed by atoms with E-state index in [1.165, 1.54) is 0 Å². The van der Waals surface area contributed by atoms with Gasteiger partial charge in [-0.1, -0.05) is 0 Å². The monoisotopic (exact) mass is 310 g/mol. The van der Waals surface area contributed by atoms with Crippen LogP contribution in [0.1, 0.15) is 40.0 Å². The van der Waals surface area contributed by atoms with Crippen LogP contribution in [0.15, 0.2) is 0 Å². The first-order valence-corrected chi connectivity index (χ1v) is 8.21. The lowest BCUT2D eigenvalue weighted by molar-refractivity contribution is -0.131. The van der Waals surface area contributed by atoms with Gasteiger partial charge < -0.3 is 20.0 Å². The molecule has 0 aromatic carbocycles. The molecule has 0 aromatic heterocycles. The number of carbonyl (C=O) groups is 2. The molecule has 0 radical (unpaired) electrons. The SMILES string of the molecule is CN1CCC(N(C)C(=O)NC2CC(=O)N(C(C)(C)C)C2)CC1. The third-order valence-corrected chi connectivity index (χ3v) is 4.82. The number of carbonyl (C=O) groups excluding carboxylic acids is 2. The van der Waals surface area contributed by atoms with Crippen LogP contribution >= 0.6 is 0 Å². The first-order chi connectivity index (χ1) is 10.2. The smallest absolute Gasteiger partial charge is 0.317 e. The quantitative estimate of drug-likeness (QED) is 0.831. The molecule has 0 spiro atoms. The Labute approximate surface area is 133 Å². The second kappa shape index (κ2) is 6.44. The molecule has 0 aromatic rings. The van der Waals surface area contributed by atoms with Crippen molar-refractivity contribution >= 4 is 11.9 Å². The lowest BCUT2D eigenvalue weighted by atomic mass is 10.0. The molecular formula is C16H30N4O2. The standard InChI is InChI=1S/C16H30N4O2/c1-16(2,3)20-11-12(10-14(20)21)17-15(22)19(5)13-6-8-18(4)9-7-13/h12-13H,6-11H2,1-5H3,(H,17,22). The summed E-state index contributed by atoms with van der Waals surface area (Å²) in [6, 6.07) is 0.170. The summed E-state index contributed by atoms with van der Waals surface area (Å²) in [6.45, 7) is 8.75. The zero-order valence-electron chi connectivity index (χ0n) is 14.6. The molecule has 0 saturated carbocycles. The van der Waals surface area contributed by atoms with Crippen molar-refractivity contribution in [1.29, 1.82) is 0 Å². The van der Waals surface area contributed by atoms with Gasteiger partial charge in [-0.15, -0.1) is 0 Å². The molecule has 0 bridgehead atoms. The molecule has 6 heteroatoms. The van der Waals surface area contributed by atoms with Crippen LogP contribution in [0, 0.1) is 0 Å². The predicted octanol–water partition coefficient (Wildman–Crippen LogP) is 1.12. The zero-order chi connectivity index (χ0) is 16.5. The average molecular weight is 310 g/mol. The predicted molar refractivity (Wildman–Crippen MR) is 86.7 cm³/mol. The Morgan fingerprint density at radius 1 is 1.27 bits per heavy atom. The van der Waals surface area contributed by atoms with Gasteiger partial charge in [0.2, 0.25) is 5.91 Å². The Balaban J connectivity index is 1.86. The third-order valence-electron chi connectivity index (χ3n) is 4.82. The summed E-state index contributed by atoms with van der Waals surface area (Å²) >= 11 is 0. The van der Waals surface area contributed by atoms with Crippen molar-refractivity contribution in [3.05, 3.63) is 0 Å². The van der Waals surface area contributed by atoms with E-state index in [4.69, 9.17) is 0 Å². The Bertz CT molecular complexity index is 424. The van der Waals surface area contributed by atoms with Crippen LogP contribution in [0.2, 0.25) is 0 Å². The van der Waals surface area contributed by atoms with E-state index in [1.807, 2.05) is 37.6 Å². The second-order valence-electron chi connectivity index (χ2n) is 7.67. The van der Waals surface area contributed by atoms with E-state index >= 15 is 0 Å². The lowest BCUT2D eigenvalue weighted by Gasteiger charge is -2.35. The van der Waals surface area contributed by atoms with Crippen molar-refractivity contribution in [3.63, 3.8) is 0 Å². The molecule has 3 amide bonds. The van der Waals surface area contributed by atoms with Crippen LogP contribution in [0.4, 0.5) is 4.79 Å². The van der Waals surface area contributed by atoms with Crippen LogP contribution in [0.25, 0.3) is 0 Å². The van der Waals surface area contributed by atoms with Gasteiger partial charge in [0.25, 0.3) is 0 Å². The number of piperidine rings is 1. The number of likely N-dealkylation sites (tertiary alicyclic amines) is 2. The van der Waals surface area contributed by atoms with Crippen molar-refractivity contribution in [2.75, 3.05) is 33.7 Å². The fourth-order valence-electron chi connectivity index (χ4n) is 3.28. The highest BCUT2D eigenvalue weighted by atomic mass is 16.2. The van der Waals surface area contributed by atoms with Crippen molar-refractivity contribution < 1.29 is 9.59 Å². The van der Waals surface area contributed by atoms with Crippen LogP contribution in [0.5, 0.6) is 0 Å². The van der Waals surface area contributed by atoms with Gasteiger partial charge in [-0.2, -0.15) is 0 Å². The van der Waals surface area contributed by atoms with Gasteiger partial charge in [0.05, 0.1) is 6.04 Å². The number of nitrogens with one attached hydrogen (secondary N) is 1. The number of nitrogens with zero attached hydrogens (tertiary/aromatic N) is 3. The van der Waals surface area contributed by atoms with Crippen molar-refractivity contribution in [2.45, 2.75) is 57.7 Å². The average Bonchev–Trinajstić information content (AvgIpc) is 2.79. The minimum Gasteiger partial charge on any atom is -0.336 e. The highest BCUT2D eigenvalue weighted by molar-refractivity contribution is 5.82. The third kappa shape index (κ3) is 3.91. The Morgan fingerprint density at radius 3 is 2.36 bits per heavy atom. The van der Waals surface area contributed by atoms with E-state index in [1.54, 1.807) is 0 Å². The maximum absolute atomic E-state index is 12.4. The van der Waals surface area contributed by atoms with Crippen molar-refractivity contribution in [3.8, 4) is 0 Å². The molecular weight excluding hydrogens is 280 g/mol. The maximum Gasteiger partial charge on any atom is 0.317 e. The molecule has 2 aliphatic rings. The number of amides is 3. The number of urea groups is 1. The highest BCUT2D eigenvalue weighted by Crippen LogP contribution is 2.22. The molecule has 1 N–H and O–H groups in total. The molecule has 2 aliphatic heterocycles. The van der Waals surface area contributed by atoms with E-state index in [2.05, 4.69) is 17.3 Å². The molecule has 22 heavy (non-hydrogen) atoms. The van der Waals surface area contributed by atoms with E-state index in [9.17, 15) is 9.59 Å². The fraction of sp³-hybridized carbons (Fsp3) is 0.875. The molecule has 1 unspecified atom stereocenters. The zero-order valence-corrected chi connectivity index (χ0v) is 14.6. The largest absolute Gasteiger partial charge is 0.336 e. The van der Waals surface area contributed by atoms with Crippen molar-refractivity contribution in [1.82, 2.24) is 20.0 Å². The molecule has 6 nitrogen and oxygen atoms in total. The molecule has 0 aliphatic carbocycles. The minimum absolute atomic E-state index is 0.0527. The number of hydrogen-bond donors (Lipinski definition) is 1. The van der Waals surface area contributed by atoms with Gasteiger partial charge in [-0.05, 0) is 53.8 Å². The highest BCUT2D eigenvalue weighted by Gasteiger charge is 2.37. The van der Waals surface area contributed by atoms with Crippen LogP contribution in [-0.2, 0) is 4.79 Å². The number of hydrogen-bond acceptors (Lipinski definition) is 3. The Hall–Kier alpha value is -1.30. The summed E-state index contributed by atoms with van der Waals surface area (Å²) in [4.78, 5) is 30.5. The first-order valence-electron chi connectivity index (χ1n) is 8.21. The van der Waals surface area contributed by atoms with E-state index in [-0.39, 0.29) is 23.5 Å². The summed E-state index contributed by atoms with van der Waals surface area (Å²) in [7, 11) is 3.98. The van der Waals surface area contributed by atoms with Gasteiger partial charge in [0.1, 0.15) is 0 Å². The summed E-state index contributed by atoms with van der Waals surface area (Å²) < 4.78 is 0. The van der Waals surface area contributed by atoms with Gasteiger partial charge in [-0.25, -0.2) is 4.79 Å². The molecule has 126 valence electrons. The molecule has 2 heterocycles. The van der Waals surface area contributed by atoms with Gasteiger partial charge in [0.15, 0.2) is 0 Å². The van der Waals surface area contributed by atoms with Crippen LogP contribution in [0.3, 0.4) is 0 Å². The van der Waals surface area contributed by atoms with E-state index in [0.717, 1.165) is 25.9 Å². The normalized spacial score (nSPS) is 24.7. The Kier molecular flexibility index (Phi) is 5.00. The molecule has 1 atom stereocenters. The minimum atomic E-state index is -0.184. The summed E-state index contributed by atoms with van der Waals surface area (Å²) in [6.07, 6.45) is 2.43. The van der Waals surface area contributed by atoms with Crippen LogP contribution in [-0.4, -0.2) is 78.0 Å². The summed E-state index contributed by atoms with van der Waals surface area (Å²) in [5, 5.41) is 3.03. The van der Waals surface area contributed by atoms with Gasteiger partial charge in [-0.3, -0.25) is 4.79 Å². The summed E-state index contributed by atoms with van der Waals surface area (Å²) in [5.41, 5.74) is -0.184. The van der Waals surface area contributed by atoms with E-state index in [0.29, 0.717) is 19.0 Å². The fourth-order valence-corrected chi connectivity index (χ4v) is 3.28. The second-order valence-corrected chi connectivity index (χ2v) is 7.67. The topological polar surface area (TPSA) is 55.9 Å². The maximum atomic E-state index is 12.4. The molecule has 2 fully saturated rings. The molecule has 2 saturated heterocycles. The Morgan fingerprint density at radius 2 is 1.86 bits per heavy atom. The summed E-state index contributed by atoms with van der Waals surface area (Å²) in [5.74, 6) is 0.125. The number of rotatable bonds is 2. The van der Waals surface area contributed by atoms with Gasteiger partial charge in [0, 0.05) is 31.6 Å². The van der Waals surface area contributed by atoms with Gasteiger partial charge >= 0.3 is 6.03 Å².